The van der Waals surface area contributed by atoms with E-state index in [9.17, 15) is 0 Å². The molecule has 0 aliphatic carbocycles. The van der Waals surface area contributed by atoms with Gasteiger partial charge in [-0.15, -0.1) is 0 Å². The molecule has 0 amide bonds. The summed E-state index contributed by atoms with van der Waals surface area (Å²) in [6, 6.07) is 0. The molecule has 8 heavy (non-hydrogen) atoms. The lowest BCUT2D eigenvalue weighted by Gasteiger charge is -2.14. The third kappa shape index (κ3) is 2.28. The van der Waals surface area contributed by atoms with Crippen LogP contribution < -0.4 is 5.32 Å². The molecular formula is C6H15NO. The highest BCUT2D eigenvalue weighted by molar-refractivity contribution is 4.56. The summed E-state index contributed by atoms with van der Waals surface area (Å²) in [5.41, 5.74) is 0. The van der Waals surface area contributed by atoms with Crippen molar-refractivity contribution >= 4 is 0 Å². The van der Waals surface area contributed by atoms with Crippen LogP contribution in [0.25, 0.3) is 0 Å². The van der Waals surface area contributed by atoms with Gasteiger partial charge in [-0.3, -0.25) is 5.32 Å². The van der Waals surface area contributed by atoms with Gasteiger partial charge in [0, 0.05) is 0 Å². The highest BCUT2D eigenvalue weighted by Crippen LogP contribution is 2.02. The minimum Gasteiger partial charge on any atom is -0.378 e. The van der Waals surface area contributed by atoms with E-state index in [-0.39, 0.29) is 6.23 Å². The van der Waals surface area contributed by atoms with Crippen LogP contribution >= 0.6 is 0 Å². The van der Waals surface area contributed by atoms with Crippen molar-refractivity contribution in [1.29, 1.82) is 0 Å². The van der Waals surface area contributed by atoms with Crippen molar-refractivity contribution in [2.75, 3.05) is 7.05 Å². The van der Waals surface area contributed by atoms with E-state index >= 15 is 0 Å². The molecule has 0 aliphatic rings. The van der Waals surface area contributed by atoms with E-state index in [1.807, 2.05) is 6.92 Å². The van der Waals surface area contributed by atoms with Gasteiger partial charge in [0.15, 0.2) is 0 Å². The molecule has 0 saturated heterocycles. The highest BCUT2D eigenvalue weighted by atomic mass is 16.3. The molecule has 2 N–H and O–H groups in total. The molecule has 2 atom stereocenters. The van der Waals surface area contributed by atoms with E-state index in [2.05, 4.69) is 12.2 Å². The molecule has 0 aromatic rings. The zero-order valence-electron chi connectivity index (χ0n) is 5.81. The summed E-state index contributed by atoms with van der Waals surface area (Å²) in [6.45, 7) is 4.08. The van der Waals surface area contributed by atoms with E-state index in [4.69, 9.17) is 5.11 Å². The second kappa shape index (κ2) is 3.87. The van der Waals surface area contributed by atoms with Crippen LogP contribution in [0.2, 0.25) is 0 Å². The van der Waals surface area contributed by atoms with Gasteiger partial charge in [0.1, 0.15) is 6.23 Å². The van der Waals surface area contributed by atoms with Crippen molar-refractivity contribution < 1.29 is 5.11 Å². The van der Waals surface area contributed by atoms with Crippen molar-refractivity contribution in [2.45, 2.75) is 26.5 Å². The Balaban J connectivity index is 3.29. The van der Waals surface area contributed by atoms with Crippen LogP contribution in [0.1, 0.15) is 20.3 Å². The Kier molecular flexibility index (Phi) is 3.83. The molecule has 0 aliphatic heterocycles. The zero-order valence-corrected chi connectivity index (χ0v) is 5.81. The standard InChI is InChI=1S/C6H15NO/c1-4-5(2)6(8)7-3/h5-8H,4H2,1-3H3/t5-,6?/m1/s1. The van der Waals surface area contributed by atoms with Gasteiger partial charge in [0.25, 0.3) is 0 Å². The molecule has 0 heterocycles. The van der Waals surface area contributed by atoms with Gasteiger partial charge in [-0.05, 0) is 19.4 Å². The predicted molar refractivity (Wildman–Crippen MR) is 34.5 cm³/mol. The molecule has 0 saturated carbocycles. The molecule has 0 rings (SSSR count). The van der Waals surface area contributed by atoms with Crippen LogP contribution in [-0.2, 0) is 0 Å². The Morgan fingerprint density at radius 2 is 2.12 bits per heavy atom. The van der Waals surface area contributed by atoms with E-state index in [1.54, 1.807) is 7.05 Å². The molecule has 1 unspecified atom stereocenters. The fourth-order valence-electron chi connectivity index (χ4n) is 0.508. The number of aliphatic hydroxyl groups is 1. The van der Waals surface area contributed by atoms with Crippen molar-refractivity contribution in [3.05, 3.63) is 0 Å². The highest BCUT2D eigenvalue weighted by Gasteiger charge is 2.07. The first-order valence-corrected chi connectivity index (χ1v) is 3.07. The van der Waals surface area contributed by atoms with Gasteiger partial charge in [-0.2, -0.15) is 0 Å². The maximum Gasteiger partial charge on any atom is 0.107 e. The second-order valence-electron chi connectivity index (χ2n) is 2.12. The summed E-state index contributed by atoms with van der Waals surface area (Å²) >= 11 is 0. The Morgan fingerprint density at radius 1 is 1.62 bits per heavy atom. The minimum atomic E-state index is -0.333. The summed E-state index contributed by atoms with van der Waals surface area (Å²) in [5.74, 6) is 0.361. The van der Waals surface area contributed by atoms with Gasteiger partial charge in [-0.25, -0.2) is 0 Å². The molecule has 0 aromatic heterocycles. The second-order valence-corrected chi connectivity index (χ2v) is 2.12. The topological polar surface area (TPSA) is 32.3 Å². The van der Waals surface area contributed by atoms with Crippen molar-refractivity contribution in [3.8, 4) is 0 Å². The lowest BCUT2D eigenvalue weighted by atomic mass is 10.1. The van der Waals surface area contributed by atoms with E-state index in [0.717, 1.165) is 6.42 Å². The first kappa shape index (κ1) is 7.92. The Bertz CT molecular complexity index is 48.5. The summed E-state index contributed by atoms with van der Waals surface area (Å²) in [7, 11) is 1.76. The van der Waals surface area contributed by atoms with Gasteiger partial charge in [0.05, 0.1) is 0 Å². The van der Waals surface area contributed by atoms with Crippen molar-refractivity contribution in [1.82, 2.24) is 5.32 Å². The SMILES string of the molecule is CC[C@@H](C)C(O)NC. The normalized spacial score (nSPS) is 18.0. The average molecular weight is 117 g/mol. The zero-order chi connectivity index (χ0) is 6.57. The predicted octanol–water partition coefficient (Wildman–Crippen LogP) is 0.570. The lowest BCUT2D eigenvalue weighted by molar-refractivity contribution is 0.0890. The fourth-order valence-corrected chi connectivity index (χ4v) is 0.508. The van der Waals surface area contributed by atoms with Crippen LogP contribution in [0.5, 0.6) is 0 Å². The summed E-state index contributed by atoms with van der Waals surface area (Å²) in [6.07, 6.45) is 0.683. The molecular weight excluding hydrogens is 102 g/mol. The monoisotopic (exact) mass is 117 g/mol. The molecule has 0 fully saturated rings. The number of hydrogen-bond donors (Lipinski definition) is 2. The van der Waals surface area contributed by atoms with Crippen LogP contribution in [0.15, 0.2) is 0 Å². The van der Waals surface area contributed by atoms with Crippen LogP contribution in [0.4, 0.5) is 0 Å². The summed E-state index contributed by atoms with van der Waals surface area (Å²) in [4.78, 5) is 0. The first-order chi connectivity index (χ1) is 3.72. The summed E-state index contributed by atoms with van der Waals surface area (Å²) < 4.78 is 0. The van der Waals surface area contributed by atoms with Crippen molar-refractivity contribution in [3.63, 3.8) is 0 Å². The Hall–Kier alpha value is -0.0800. The largest absolute Gasteiger partial charge is 0.378 e. The lowest BCUT2D eigenvalue weighted by Crippen LogP contribution is -2.30. The molecule has 0 aromatic carbocycles. The van der Waals surface area contributed by atoms with E-state index in [0.29, 0.717) is 5.92 Å². The van der Waals surface area contributed by atoms with Gasteiger partial charge in [0.2, 0.25) is 0 Å². The van der Waals surface area contributed by atoms with E-state index < -0.39 is 0 Å². The first-order valence-electron chi connectivity index (χ1n) is 3.07. The third-order valence-corrected chi connectivity index (χ3v) is 1.48. The fraction of sp³-hybridized carbons (Fsp3) is 1.00. The molecule has 0 radical (unpaired) electrons. The number of aliphatic hydroxyl groups excluding tert-OH is 1. The molecule has 50 valence electrons. The maximum absolute atomic E-state index is 9.02. The number of rotatable bonds is 3. The quantitative estimate of drug-likeness (QED) is 0.530. The van der Waals surface area contributed by atoms with Gasteiger partial charge in [-0.1, -0.05) is 13.8 Å². The average Bonchev–Trinajstić information content (AvgIpc) is 1.84. The molecule has 0 bridgehead atoms. The maximum atomic E-state index is 9.02. The Labute approximate surface area is 50.9 Å². The molecule has 2 nitrogen and oxygen atoms in total. The van der Waals surface area contributed by atoms with Crippen LogP contribution in [-0.4, -0.2) is 18.4 Å². The third-order valence-electron chi connectivity index (χ3n) is 1.48. The molecule has 0 spiro atoms. The number of nitrogens with one attached hydrogen (secondary N) is 1. The van der Waals surface area contributed by atoms with E-state index in [1.165, 1.54) is 0 Å². The minimum absolute atomic E-state index is 0.333. The van der Waals surface area contributed by atoms with Gasteiger partial charge >= 0.3 is 0 Å². The smallest absolute Gasteiger partial charge is 0.107 e. The van der Waals surface area contributed by atoms with Crippen molar-refractivity contribution in [2.24, 2.45) is 5.92 Å². The van der Waals surface area contributed by atoms with Gasteiger partial charge < -0.3 is 5.11 Å². The van der Waals surface area contributed by atoms with Crippen LogP contribution in [0, 0.1) is 5.92 Å². The Morgan fingerprint density at radius 3 is 2.25 bits per heavy atom. The number of hydrogen-bond acceptors (Lipinski definition) is 2. The summed E-state index contributed by atoms with van der Waals surface area (Å²) in [5, 5.41) is 11.8. The molecule has 2 heteroatoms. The van der Waals surface area contributed by atoms with Crippen LogP contribution in [0.3, 0.4) is 0 Å².